The van der Waals surface area contributed by atoms with Gasteiger partial charge in [0.05, 0.1) is 22.8 Å². The van der Waals surface area contributed by atoms with Crippen LogP contribution >= 0.6 is 11.6 Å². The van der Waals surface area contributed by atoms with E-state index < -0.39 is 4.92 Å². The van der Waals surface area contributed by atoms with Crippen LogP contribution in [-0.2, 0) is 0 Å². The van der Waals surface area contributed by atoms with E-state index in [-0.39, 0.29) is 5.69 Å². The highest BCUT2D eigenvalue weighted by molar-refractivity contribution is 6.29. The molecule has 3 N–H and O–H groups in total. The molecular formula is C9H10ClN3O2. The molecule has 0 saturated heterocycles. The Morgan fingerprint density at radius 3 is 2.80 bits per heavy atom. The third-order valence-corrected chi connectivity index (χ3v) is 1.85. The number of nitro benzene ring substituents is 1. The number of nitrogen functional groups attached to an aromatic ring is 1. The molecule has 15 heavy (non-hydrogen) atoms. The number of non-ortho nitro benzene ring substituents is 1. The Kier molecular flexibility index (Phi) is 3.51. The third kappa shape index (κ3) is 3.14. The summed E-state index contributed by atoms with van der Waals surface area (Å²) >= 11 is 5.56. The zero-order chi connectivity index (χ0) is 11.4. The van der Waals surface area contributed by atoms with Crippen LogP contribution in [0.4, 0.5) is 17.1 Å². The standard InChI is InChI=1S/C9H10ClN3O2/c1-6(10)5-12-9-3-2-7(13(14)15)4-8(9)11/h2-4,12H,1,5,11H2. The number of nitrogens with one attached hydrogen (secondary N) is 1. The second-order valence-electron chi connectivity index (χ2n) is 2.90. The van der Waals surface area contributed by atoms with Crippen molar-refractivity contribution in [3.63, 3.8) is 0 Å². The van der Waals surface area contributed by atoms with Crippen LogP contribution in [0.25, 0.3) is 0 Å². The Bertz CT molecular complexity index is 406. The predicted molar refractivity (Wildman–Crippen MR) is 61.0 cm³/mol. The van der Waals surface area contributed by atoms with Gasteiger partial charge in [-0.1, -0.05) is 18.2 Å². The molecule has 0 spiro atoms. The molecule has 0 aromatic heterocycles. The Labute approximate surface area is 91.7 Å². The van der Waals surface area contributed by atoms with Crippen molar-refractivity contribution in [2.75, 3.05) is 17.6 Å². The molecule has 0 radical (unpaired) electrons. The molecule has 0 atom stereocenters. The normalized spacial score (nSPS) is 9.67. The lowest BCUT2D eigenvalue weighted by Crippen LogP contribution is -2.04. The molecule has 0 aliphatic heterocycles. The maximum Gasteiger partial charge on any atom is 0.271 e. The number of nitro groups is 1. The van der Waals surface area contributed by atoms with Crippen molar-refractivity contribution in [3.8, 4) is 0 Å². The van der Waals surface area contributed by atoms with E-state index in [4.69, 9.17) is 17.3 Å². The van der Waals surface area contributed by atoms with E-state index in [2.05, 4.69) is 11.9 Å². The average Bonchev–Trinajstić information content (AvgIpc) is 2.15. The number of hydrogen-bond acceptors (Lipinski definition) is 4. The minimum atomic E-state index is -0.499. The molecule has 1 aromatic carbocycles. The van der Waals surface area contributed by atoms with Gasteiger partial charge in [0, 0.05) is 17.2 Å². The van der Waals surface area contributed by atoms with Crippen LogP contribution in [0.5, 0.6) is 0 Å². The van der Waals surface area contributed by atoms with Crippen molar-refractivity contribution in [2.24, 2.45) is 0 Å². The number of rotatable bonds is 4. The number of anilines is 2. The van der Waals surface area contributed by atoms with Crippen molar-refractivity contribution >= 4 is 28.7 Å². The first kappa shape index (κ1) is 11.3. The molecular weight excluding hydrogens is 218 g/mol. The van der Waals surface area contributed by atoms with Gasteiger partial charge in [0.2, 0.25) is 0 Å². The largest absolute Gasteiger partial charge is 0.397 e. The Morgan fingerprint density at radius 1 is 1.67 bits per heavy atom. The van der Waals surface area contributed by atoms with Gasteiger partial charge in [-0.2, -0.15) is 0 Å². The number of hydrogen-bond donors (Lipinski definition) is 2. The van der Waals surface area contributed by atoms with Crippen molar-refractivity contribution in [1.29, 1.82) is 0 Å². The van der Waals surface area contributed by atoms with E-state index in [1.165, 1.54) is 18.2 Å². The third-order valence-electron chi connectivity index (χ3n) is 1.72. The van der Waals surface area contributed by atoms with E-state index in [1.807, 2.05) is 0 Å². The zero-order valence-corrected chi connectivity index (χ0v) is 8.62. The molecule has 0 aliphatic rings. The SMILES string of the molecule is C=C(Cl)CNc1ccc([N+](=O)[O-])cc1N. The lowest BCUT2D eigenvalue weighted by atomic mass is 10.2. The molecule has 0 fully saturated rings. The number of nitrogens with zero attached hydrogens (tertiary/aromatic N) is 1. The smallest absolute Gasteiger partial charge is 0.271 e. The molecule has 0 amide bonds. The van der Waals surface area contributed by atoms with E-state index >= 15 is 0 Å². The predicted octanol–water partition coefficient (Wildman–Crippen LogP) is 2.34. The summed E-state index contributed by atoms with van der Waals surface area (Å²) in [7, 11) is 0. The van der Waals surface area contributed by atoms with Crippen LogP contribution in [0, 0.1) is 10.1 Å². The summed E-state index contributed by atoms with van der Waals surface area (Å²) in [5, 5.41) is 13.8. The van der Waals surface area contributed by atoms with Gasteiger partial charge in [0.15, 0.2) is 0 Å². The quantitative estimate of drug-likeness (QED) is 0.470. The van der Waals surface area contributed by atoms with E-state index in [1.54, 1.807) is 0 Å². The molecule has 6 heteroatoms. The monoisotopic (exact) mass is 227 g/mol. The summed E-state index contributed by atoms with van der Waals surface area (Å²) in [6, 6.07) is 4.20. The first-order valence-electron chi connectivity index (χ1n) is 4.12. The van der Waals surface area contributed by atoms with Gasteiger partial charge in [-0.05, 0) is 6.07 Å². The number of nitrogens with two attached hydrogens (primary N) is 1. The Balaban J connectivity index is 2.83. The van der Waals surface area contributed by atoms with Crippen molar-refractivity contribution in [2.45, 2.75) is 0 Å². The summed E-state index contributed by atoms with van der Waals surface area (Å²) in [4.78, 5) is 9.93. The van der Waals surface area contributed by atoms with Crippen molar-refractivity contribution < 1.29 is 4.92 Å². The van der Waals surface area contributed by atoms with Crippen LogP contribution in [0.2, 0.25) is 0 Å². The molecule has 0 bridgehead atoms. The van der Waals surface area contributed by atoms with Gasteiger partial charge in [0.1, 0.15) is 0 Å². The Hall–Kier alpha value is -1.75. The molecule has 1 aromatic rings. The molecule has 0 heterocycles. The summed E-state index contributed by atoms with van der Waals surface area (Å²) in [5.74, 6) is 0. The van der Waals surface area contributed by atoms with Gasteiger partial charge >= 0.3 is 0 Å². The fraction of sp³-hybridized carbons (Fsp3) is 0.111. The van der Waals surface area contributed by atoms with Crippen LogP contribution in [0.15, 0.2) is 29.8 Å². The topological polar surface area (TPSA) is 81.2 Å². The molecule has 5 nitrogen and oxygen atoms in total. The fourth-order valence-corrected chi connectivity index (χ4v) is 1.08. The second kappa shape index (κ2) is 4.65. The summed E-state index contributed by atoms with van der Waals surface area (Å²) in [5.41, 5.74) is 6.47. The van der Waals surface area contributed by atoms with Crippen molar-refractivity contribution in [3.05, 3.63) is 39.9 Å². The lowest BCUT2D eigenvalue weighted by molar-refractivity contribution is -0.384. The van der Waals surface area contributed by atoms with Gasteiger partial charge < -0.3 is 11.1 Å². The summed E-state index contributed by atoms with van der Waals surface area (Å²) in [6.07, 6.45) is 0. The van der Waals surface area contributed by atoms with E-state index in [9.17, 15) is 10.1 Å². The minimum Gasteiger partial charge on any atom is -0.397 e. The zero-order valence-electron chi connectivity index (χ0n) is 7.87. The second-order valence-corrected chi connectivity index (χ2v) is 3.43. The number of benzene rings is 1. The van der Waals surface area contributed by atoms with Crippen LogP contribution < -0.4 is 11.1 Å². The highest BCUT2D eigenvalue weighted by Crippen LogP contribution is 2.24. The van der Waals surface area contributed by atoms with Crippen LogP contribution in [-0.4, -0.2) is 11.5 Å². The maximum absolute atomic E-state index is 10.4. The first-order chi connectivity index (χ1) is 7.00. The van der Waals surface area contributed by atoms with Gasteiger partial charge in [-0.3, -0.25) is 10.1 Å². The average molecular weight is 228 g/mol. The minimum absolute atomic E-state index is 0.0391. The summed E-state index contributed by atoms with van der Waals surface area (Å²) < 4.78 is 0. The molecule has 0 saturated carbocycles. The molecule has 80 valence electrons. The van der Waals surface area contributed by atoms with Gasteiger partial charge in [-0.15, -0.1) is 0 Å². The Morgan fingerprint density at radius 2 is 2.33 bits per heavy atom. The van der Waals surface area contributed by atoms with Gasteiger partial charge in [-0.25, -0.2) is 0 Å². The first-order valence-corrected chi connectivity index (χ1v) is 4.49. The van der Waals surface area contributed by atoms with Crippen molar-refractivity contribution in [1.82, 2.24) is 0 Å². The summed E-state index contributed by atoms with van der Waals surface area (Å²) in [6.45, 7) is 3.86. The molecule has 0 aliphatic carbocycles. The van der Waals surface area contributed by atoms with Crippen LogP contribution in [0.1, 0.15) is 0 Å². The van der Waals surface area contributed by atoms with E-state index in [0.29, 0.717) is 23.0 Å². The molecule has 1 rings (SSSR count). The van der Waals surface area contributed by atoms with Crippen LogP contribution in [0.3, 0.4) is 0 Å². The highest BCUT2D eigenvalue weighted by atomic mass is 35.5. The number of halogens is 1. The maximum atomic E-state index is 10.4. The van der Waals surface area contributed by atoms with Gasteiger partial charge in [0.25, 0.3) is 5.69 Å². The molecule has 0 unspecified atom stereocenters. The lowest BCUT2D eigenvalue weighted by Gasteiger charge is -2.07. The highest BCUT2D eigenvalue weighted by Gasteiger charge is 2.07. The fourth-order valence-electron chi connectivity index (χ4n) is 1.02. The van der Waals surface area contributed by atoms with E-state index in [0.717, 1.165) is 0 Å².